The number of hydrogen-bond acceptors (Lipinski definition) is 2. The summed E-state index contributed by atoms with van der Waals surface area (Å²) in [4.78, 5) is 13.7. The second-order valence-corrected chi connectivity index (χ2v) is 5.24. The van der Waals surface area contributed by atoms with Crippen molar-refractivity contribution in [3.05, 3.63) is 28.3 Å². The van der Waals surface area contributed by atoms with Crippen LogP contribution in [0.3, 0.4) is 0 Å². The first kappa shape index (κ1) is 14.1. The van der Waals surface area contributed by atoms with Gasteiger partial charge in [0.25, 0.3) is 11.8 Å². The minimum atomic E-state index is -2.66. The molecule has 1 heterocycles. The minimum absolute atomic E-state index is 0.0633. The van der Waals surface area contributed by atoms with E-state index in [0.717, 1.165) is 0 Å². The number of nitrogens with zero attached hydrogens (tertiary/aromatic N) is 1. The molecule has 0 aromatic heterocycles. The molecule has 0 spiro atoms. The summed E-state index contributed by atoms with van der Waals surface area (Å²) in [6.45, 7) is 1.87. The van der Waals surface area contributed by atoms with Crippen molar-refractivity contribution in [2.75, 3.05) is 18.8 Å². The van der Waals surface area contributed by atoms with Crippen LogP contribution in [0.2, 0.25) is 5.02 Å². The number of halogens is 3. The van der Waals surface area contributed by atoms with Gasteiger partial charge in [-0.05, 0) is 24.6 Å². The lowest BCUT2D eigenvalue weighted by molar-refractivity contribution is -0.0494. The van der Waals surface area contributed by atoms with Crippen LogP contribution in [-0.2, 0) is 0 Å². The van der Waals surface area contributed by atoms with Crippen LogP contribution < -0.4 is 5.73 Å². The van der Waals surface area contributed by atoms with Gasteiger partial charge in [0.1, 0.15) is 0 Å². The highest BCUT2D eigenvalue weighted by atomic mass is 35.5. The average molecular weight is 289 g/mol. The molecule has 1 aliphatic heterocycles. The lowest BCUT2D eigenvalue weighted by Gasteiger charge is -2.32. The molecule has 1 fully saturated rings. The number of aryl methyl sites for hydroxylation is 1. The van der Waals surface area contributed by atoms with Crippen molar-refractivity contribution >= 4 is 23.2 Å². The van der Waals surface area contributed by atoms with Crippen LogP contribution >= 0.6 is 11.6 Å². The summed E-state index contributed by atoms with van der Waals surface area (Å²) < 4.78 is 26.1. The quantitative estimate of drug-likeness (QED) is 0.807. The number of anilines is 1. The molecule has 0 unspecified atom stereocenters. The van der Waals surface area contributed by atoms with Gasteiger partial charge in [-0.2, -0.15) is 0 Å². The maximum atomic E-state index is 13.1. The second-order valence-electron chi connectivity index (χ2n) is 4.84. The smallest absolute Gasteiger partial charge is 0.254 e. The Morgan fingerprint density at radius 2 is 1.95 bits per heavy atom. The number of carbonyl (C=O) groups excluding carboxylic acids is 1. The fourth-order valence-corrected chi connectivity index (χ4v) is 2.35. The van der Waals surface area contributed by atoms with E-state index >= 15 is 0 Å². The maximum absolute atomic E-state index is 13.1. The van der Waals surface area contributed by atoms with Gasteiger partial charge < -0.3 is 10.6 Å². The summed E-state index contributed by atoms with van der Waals surface area (Å²) in [5.41, 5.74) is 7.11. The Kier molecular flexibility index (Phi) is 3.67. The van der Waals surface area contributed by atoms with Crippen molar-refractivity contribution in [1.82, 2.24) is 4.90 Å². The van der Waals surface area contributed by atoms with Crippen molar-refractivity contribution in [2.45, 2.75) is 25.7 Å². The number of rotatable bonds is 1. The van der Waals surface area contributed by atoms with E-state index in [1.54, 1.807) is 13.0 Å². The molecule has 1 aromatic carbocycles. The topological polar surface area (TPSA) is 46.3 Å². The third-order valence-corrected chi connectivity index (χ3v) is 3.68. The number of nitrogen functional groups attached to an aromatic ring is 1. The number of carbonyl (C=O) groups is 1. The highest BCUT2D eigenvalue weighted by Crippen LogP contribution is 2.30. The van der Waals surface area contributed by atoms with Crippen LogP contribution in [0.5, 0.6) is 0 Å². The zero-order valence-electron chi connectivity index (χ0n) is 10.5. The highest BCUT2D eigenvalue weighted by Gasteiger charge is 2.36. The molecule has 2 N–H and O–H groups in total. The van der Waals surface area contributed by atoms with Gasteiger partial charge in [-0.1, -0.05) is 11.6 Å². The number of piperidine rings is 1. The summed E-state index contributed by atoms with van der Waals surface area (Å²) in [6.07, 6.45) is -0.582. The molecule has 19 heavy (non-hydrogen) atoms. The van der Waals surface area contributed by atoms with Crippen molar-refractivity contribution in [3.63, 3.8) is 0 Å². The van der Waals surface area contributed by atoms with Crippen molar-refractivity contribution in [2.24, 2.45) is 0 Å². The maximum Gasteiger partial charge on any atom is 0.254 e. The molecule has 0 atom stereocenters. The van der Waals surface area contributed by atoms with Crippen molar-refractivity contribution < 1.29 is 13.6 Å². The monoisotopic (exact) mass is 288 g/mol. The molecule has 1 amide bonds. The molecule has 0 bridgehead atoms. The van der Waals surface area contributed by atoms with Crippen LogP contribution in [0, 0.1) is 6.92 Å². The first-order valence-electron chi connectivity index (χ1n) is 6.03. The standard InChI is InChI=1S/C13H15ClF2N2O/c1-8-6-10(14)11(17)7-9(8)12(19)18-4-2-13(15,16)3-5-18/h6-7H,2-5,17H2,1H3. The van der Waals surface area contributed by atoms with Gasteiger partial charge in [0.2, 0.25) is 0 Å². The van der Waals surface area contributed by atoms with Gasteiger partial charge in [-0.25, -0.2) is 8.78 Å². The van der Waals surface area contributed by atoms with E-state index in [-0.39, 0.29) is 31.8 Å². The zero-order chi connectivity index (χ0) is 14.2. The van der Waals surface area contributed by atoms with Gasteiger partial charge in [-0.3, -0.25) is 4.79 Å². The number of nitrogens with two attached hydrogens (primary N) is 1. The fraction of sp³-hybridized carbons (Fsp3) is 0.462. The first-order chi connectivity index (χ1) is 8.80. The molecule has 6 heteroatoms. The zero-order valence-corrected chi connectivity index (χ0v) is 11.3. The van der Waals surface area contributed by atoms with Crippen LogP contribution in [0.25, 0.3) is 0 Å². The SMILES string of the molecule is Cc1cc(Cl)c(N)cc1C(=O)N1CCC(F)(F)CC1. The van der Waals surface area contributed by atoms with Gasteiger partial charge in [0, 0.05) is 31.5 Å². The molecule has 0 aliphatic carbocycles. The lowest BCUT2D eigenvalue weighted by atomic mass is 10.0. The summed E-state index contributed by atoms with van der Waals surface area (Å²) in [7, 11) is 0. The van der Waals surface area contributed by atoms with Crippen LogP contribution in [0.1, 0.15) is 28.8 Å². The molecule has 0 radical (unpaired) electrons. The number of benzene rings is 1. The molecule has 1 saturated heterocycles. The van der Waals surface area contributed by atoms with Gasteiger partial charge >= 0.3 is 0 Å². The van der Waals surface area contributed by atoms with Crippen LogP contribution in [0.15, 0.2) is 12.1 Å². The average Bonchev–Trinajstić information content (AvgIpc) is 2.33. The molecule has 104 valence electrons. The summed E-state index contributed by atoms with van der Waals surface area (Å²) in [5.74, 6) is -2.93. The molecule has 2 rings (SSSR count). The van der Waals surface area contributed by atoms with Crippen molar-refractivity contribution in [1.29, 1.82) is 0 Å². The van der Waals surface area contributed by atoms with E-state index in [9.17, 15) is 13.6 Å². The Balaban J connectivity index is 2.19. The number of likely N-dealkylation sites (tertiary alicyclic amines) is 1. The third-order valence-electron chi connectivity index (χ3n) is 3.36. The first-order valence-corrected chi connectivity index (χ1v) is 6.41. The Labute approximate surface area is 115 Å². The van der Waals surface area contributed by atoms with Gasteiger partial charge in [0.15, 0.2) is 0 Å². The Morgan fingerprint density at radius 1 is 1.37 bits per heavy atom. The Hall–Kier alpha value is -1.36. The molecule has 1 aromatic rings. The van der Waals surface area contributed by atoms with E-state index < -0.39 is 5.92 Å². The molecular weight excluding hydrogens is 274 g/mol. The van der Waals surface area contributed by atoms with Crippen molar-refractivity contribution in [3.8, 4) is 0 Å². The molecule has 0 saturated carbocycles. The molecule has 3 nitrogen and oxygen atoms in total. The third kappa shape index (κ3) is 2.97. The summed E-state index contributed by atoms with van der Waals surface area (Å²) >= 11 is 5.86. The van der Waals surface area contributed by atoms with E-state index in [0.29, 0.717) is 21.8 Å². The predicted molar refractivity (Wildman–Crippen MR) is 70.7 cm³/mol. The van der Waals surface area contributed by atoms with E-state index in [1.807, 2.05) is 0 Å². The van der Waals surface area contributed by atoms with E-state index in [1.165, 1.54) is 11.0 Å². The number of alkyl halides is 2. The lowest BCUT2D eigenvalue weighted by Crippen LogP contribution is -2.42. The Bertz CT molecular complexity index is 510. The van der Waals surface area contributed by atoms with E-state index in [2.05, 4.69) is 0 Å². The fourth-order valence-electron chi connectivity index (χ4n) is 2.13. The van der Waals surface area contributed by atoms with Gasteiger partial charge in [0.05, 0.1) is 10.7 Å². The summed E-state index contributed by atoms with van der Waals surface area (Å²) in [5, 5.41) is 0.388. The van der Waals surface area contributed by atoms with Crippen LogP contribution in [0.4, 0.5) is 14.5 Å². The predicted octanol–water partition coefficient (Wildman–Crippen LogP) is 3.10. The largest absolute Gasteiger partial charge is 0.398 e. The molecule has 1 aliphatic rings. The second kappa shape index (κ2) is 4.96. The van der Waals surface area contributed by atoms with E-state index in [4.69, 9.17) is 17.3 Å². The number of amides is 1. The summed E-state index contributed by atoms with van der Waals surface area (Å²) in [6, 6.07) is 3.12. The Morgan fingerprint density at radius 3 is 2.53 bits per heavy atom. The normalized spacial score (nSPS) is 18.4. The minimum Gasteiger partial charge on any atom is -0.398 e. The highest BCUT2D eigenvalue weighted by molar-refractivity contribution is 6.33. The molecular formula is C13H15ClF2N2O. The number of hydrogen-bond donors (Lipinski definition) is 1. The van der Waals surface area contributed by atoms with Gasteiger partial charge in [-0.15, -0.1) is 0 Å². The van der Waals surface area contributed by atoms with Crippen LogP contribution in [-0.4, -0.2) is 29.8 Å².